The Morgan fingerprint density at radius 3 is 2.73 bits per heavy atom. The molecule has 2 aromatic carbocycles. The Balaban J connectivity index is 1.31. The first-order valence-electron chi connectivity index (χ1n) is 10.6. The van der Waals surface area contributed by atoms with Crippen LogP contribution in [0.25, 0.3) is 11.2 Å². The molecule has 1 aliphatic rings. The molecular weight excluding hydrogens is 425 g/mol. The molecule has 1 fully saturated rings. The summed E-state index contributed by atoms with van der Waals surface area (Å²) < 4.78 is 28.1. The van der Waals surface area contributed by atoms with Gasteiger partial charge in [0.05, 0.1) is 12.4 Å². The molecule has 1 aliphatic heterocycles. The van der Waals surface area contributed by atoms with Crippen LogP contribution in [0.2, 0.25) is 0 Å². The van der Waals surface area contributed by atoms with Crippen LogP contribution in [0.15, 0.2) is 67.3 Å². The monoisotopic (exact) mass is 447 g/mol. The third-order valence-electron chi connectivity index (χ3n) is 5.49. The van der Waals surface area contributed by atoms with Crippen molar-refractivity contribution < 1.29 is 18.7 Å². The van der Waals surface area contributed by atoms with E-state index in [1.165, 1.54) is 17.2 Å². The Hall–Kier alpha value is -3.85. The standard InChI is InChI=1S/C24H22FN5O3/c1-15-7-9-17(10-8-15)32-12-18-11-19(25)24(33-18)30-14-28-20-21(26-13-27-22(20)30)29-23(31)16-5-3-2-4-6-16/h2-10,13-14,18-19,24H,11-12H2,1H3,(H,26,27,29,31)/t18-,19-,24+/m0/s1. The lowest BCUT2D eigenvalue weighted by Gasteiger charge is -2.16. The fourth-order valence-corrected chi connectivity index (χ4v) is 3.78. The van der Waals surface area contributed by atoms with Gasteiger partial charge in [-0.3, -0.25) is 9.36 Å². The van der Waals surface area contributed by atoms with E-state index in [9.17, 15) is 9.18 Å². The van der Waals surface area contributed by atoms with Crippen molar-refractivity contribution in [3.05, 3.63) is 78.4 Å². The quantitative estimate of drug-likeness (QED) is 0.479. The van der Waals surface area contributed by atoms with Crippen molar-refractivity contribution in [1.29, 1.82) is 0 Å². The lowest BCUT2D eigenvalue weighted by atomic mass is 10.2. The third-order valence-corrected chi connectivity index (χ3v) is 5.49. The van der Waals surface area contributed by atoms with Gasteiger partial charge in [0.1, 0.15) is 24.9 Å². The maximum Gasteiger partial charge on any atom is 0.256 e. The minimum atomic E-state index is -1.26. The van der Waals surface area contributed by atoms with Gasteiger partial charge in [0.25, 0.3) is 5.91 Å². The van der Waals surface area contributed by atoms with Crippen molar-refractivity contribution in [2.75, 3.05) is 11.9 Å². The van der Waals surface area contributed by atoms with Gasteiger partial charge < -0.3 is 14.8 Å². The highest BCUT2D eigenvalue weighted by Crippen LogP contribution is 2.34. The summed E-state index contributed by atoms with van der Waals surface area (Å²) >= 11 is 0. The number of hydrogen-bond donors (Lipinski definition) is 1. The number of rotatable bonds is 6. The van der Waals surface area contributed by atoms with Crippen molar-refractivity contribution >= 4 is 22.9 Å². The summed E-state index contributed by atoms with van der Waals surface area (Å²) in [6, 6.07) is 16.4. The highest BCUT2D eigenvalue weighted by molar-refractivity contribution is 6.06. The van der Waals surface area contributed by atoms with Gasteiger partial charge >= 0.3 is 0 Å². The van der Waals surface area contributed by atoms with E-state index in [-0.39, 0.29) is 24.8 Å². The van der Waals surface area contributed by atoms with Crippen LogP contribution in [0.3, 0.4) is 0 Å². The fraction of sp³-hybridized carbons (Fsp3) is 0.250. The zero-order valence-corrected chi connectivity index (χ0v) is 17.9. The summed E-state index contributed by atoms with van der Waals surface area (Å²) in [5, 5.41) is 2.75. The first-order valence-corrected chi connectivity index (χ1v) is 10.6. The number of imidazole rings is 1. The average molecular weight is 447 g/mol. The van der Waals surface area contributed by atoms with Crippen molar-refractivity contribution in [3.8, 4) is 5.75 Å². The highest BCUT2D eigenvalue weighted by Gasteiger charge is 2.38. The first-order chi connectivity index (χ1) is 16.1. The molecule has 1 amide bonds. The van der Waals surface area contributed by atoms with E-state index in [1.807, 2.05) is 37.3 Å². The van der Waals surface area contributed by atoms with Crippen LogP contribution in [0, 0.1) is 6.92 Å². The number of benzene rings is 2. The van der Waals surface area contributed by atoms with Gasteiger partial charge in [-0.25, -0.2) is 19.3 Å². The van der Waals surface area contributed by atoms with E-state index < -0.39 is 18.5 Å². The normalized spacial score (nSPS) is 20.1. The van der Waals surface area contributed by atoms with Crippen LogP contribution in [0.5, 0.6) is 5.75 Å². The van der Waals surface area contributed by atoms with E-state index in [0.717, 1.165) is 5.56 Å². The second kappa shape index (κ2) is 8.95. The van der Waals surface area contributed by atoms with Crippen molar-refractivity contribution in [2.45, 2.75) is 31.8 Å². The molecule has 0 saturated carbocycles. The van der Waals surface area contributed by atoms with Gasteiger partial charge in [0.2, 0.25) is 0 Å². The SMILES string of the molecule is Cc1ccc(OC[C@@H]2C[C@H](F)[C@H](n3cnc4c(NC(=O)c5ccccc5)ncnc43)O2)cc1. The molecule has 3 atom stereocenters. The molecule has 2 aromatic heterocycles. The largest absolute Gasteiger partial charge is 0.491 e. The van der Waals surface area contributed by atoms with Gasteiger partial charge in [0, 0.05) is 12.0 Å². The van der Waals surface area contributed by atoms with Gasteiger partial charge in [-0.05, 0) is 31.2 Å². The Labute approximate surface area is 189 Å². The number of aromatic nitrogens is 4. The van der Waals surface area contributed by atoms with Crippen LogP contribution < -0.4 is 10.1 Å². The van der Waals surface area contributed by atoms with Gasteiger partial charge in [-0.1, -0.05) is 35.9 Å². The second-order valence-electron chi connectivity index (χ2n) is 7.89. The van der Waals surface area contributed by atoms with Crippen molar-refractivity contribution in [1.82, 2.24) is 19.5 Å². The summed E-state index contributed by atoms with van der Waals surface area (Å²) in [6.45, 7) is 2.24. The predicted molar refractivity (Wildman–Crippen MR) is 120 cm³/mol. The minimum absolute atomic E-state index is 0.193. The first kappa shape index (κ1) is 21.0. The molecule has 8 nitrogen and oxygen atoms in total. The summed E-state index contributed by atoms with van der Waals surface area (Å²) in [6.07, 6.45) is 0.390. The molecule has 0 bridgehead atoms. The Kier molecular flexibility index (Phi) is 5.70. The number of fused-ring (bicyclic) bond motifs is 1. The number of aryl methyl sites for hydroxylation is 1. The molecule has 5 rings (SSSR count). The summed E-state index contributed by atoms with van der Waals surface area (Å²) in [5.41, 5.74) is 2.36. The molecule has 1 saturated heterocycles. The summed E-state index contributed by atoms with van der Waals surface area (Å²) in [7, 11) is 0. The van der Waals surface area contributed by atoms with E-state index in [4.69, 9.17) is 9.47 Å². The van der Waals surface area contributed by atoms with Crippen molar-refractivity contribution in [2.24, 2.45) is 0 Å². The molecule has 0 spiro atoms. The second-order valence-corrected chi connectivity index (χ2v) is 7.89. The molecular formula is C24H22FN5O3. The number of ether oxygens (including phenoxy) is 2. The Morgan fingerprint density at radius 2 is 1.94 bits per heavy atom. The molecule has 168 valence electrons. The van der Waals surface area contributed by atoms with Crippen LogP contribution in [-0.4, -0.2) is 44.3 Å². The number of hydrogen-bond acceptors (Lipinski definition) is 6. The van der Waals surface area contributed by atoms with E-state index in [0.29, 0.717) is 22.5 Å². The molecule has 33 heavy (non-hydrogen) atoms. The van der Waals surface area contributed by atoms with Crippen LogP contribution >= 0.6 is 0 Å². The fourth-order valence-electron chi connectivity index (χ4n) is 3.78. The molecule has 1 N–H and O–H groups in total. The molecule has 9 heteroatoms. The minimum Gasteiger partial charge on any atom is -0.491 e. The molecule has 3 heterocycles. The molecule has 0 radical (unpaired) electrons. The summed E-state index contributed by atoms with van der Waals surface area (Å²) in [5.74, 6) is 0.641. The van der Waals surface area contributed by atoms with Gasteiger partial charge in [0.15, 0.2) is 23.2 Å². The highest BCUT2D eigenvalue weighted by atomic mass is 19.1. The molecule has 0 aliphatic carbocycles. The van der Waals surface area contributed by atoms with Crippen LogP contribution in [0.1, 0.15) is 28.6 Å². The molecule has 4 aromatic rings. The number of nitrogens with one attached hydrogen (secondary N) is 1. The van der Waals surface area contributed by atoms with Gasteiger partial charge in [-0.2, -0.15) is 0 Å². The maximum atomic E-state index is 14.9. The number of carbonyl (C=O) groups excluding carboxylic acids is 1. The predicted octanol–water partition coefficient (Wildman–Crippen LogP) is 4.09. The lowest BCUT2D eigenvalue weighted by molar-refractivity contribution is -0.0313. The van der Waals surface area contributed by atoms with Crippen molar-refractivity contribution in [3.63, 3.8) is 0 Å². The maximum absolute atomic E-state index is 14.9. The third kappa shape index (κ3) is 4.40. The number of alkyl halides is 1. The number of anilines is 1. The Bertz CT molecular complexity index is 1260. The van der Waals surface area contributed by atoms with E-state index >= 15 is 0 Å². The van der Waals surface area contributed by atoms with E-state index in [2.05, 4.69) is 20.3 Å². The van der Waals surface area contributed by atoms with Crippen LogP contribution in [-0.2, 0) is 4.74 Å². The summed E-state index contributed by atoms with van der Waals surface area (Å²) in [4.78, 5) is 25.2. The topological polar surface area (TPSA) is 91.2 Å². The number of halogens is 1. The molecule has 0 unspecified atom stereocenters. The zero-order chi connectivity index (χ0) is 22.8. The van der Waals surface area contributed by atoms with E-state index in [1.54, 1.807) is 24.3 Å². The lowest BCUT2D eigenvalue weighted by Crippen LogP contribution is -2.19. The number of nitrogens with zero attached hydrogens (tertiary/aromatic N) is 4. The smallest absolute Gasteiger partial charge is 0.256 e. The number of amides is 1. The zero-order valence-electron chi connectivity index (χ0n) is 17.9. The van der Waals surface area contributed by atoms with Gasteiger partial charge in [-0.15, -0.1) is 0 Å². The number of carbonyl (C=O) groups is 1. The van der Waals surface area contributed by atoms with Crippen LogP contribution in [0.4, 0.5) is 10.2 Å². The average Bonchev–Trinajstić information content (AvgIpc) is 3.43. The Morgan fingerprint density at radius 1 is 1.15 bits per heavy atom.